The maximum Gasteiger partial charge on any atom is 0.265 e. The van der Waals surface area contributed by atoms with Crippen molar-refractivity contribution in [1.29, 1.82) is 0 Å². The van der Waals surface area contributed by atoms with Crippen molar-refractivity contribution >= 4 is 34.8 Å². The summed E-state index contributed by atoms with van der Waals surface area (Å²) in [6.45, 7) is 1.85. The third-order valence-corrected chi connectivity index (χ3v) is 4.11. The summed E-state index contributed by atoms with van der Waals surface area (Å²) < 4.78 is 16.2. The second-order valence-corrected chi connectivity index (χ2v) is 5.94. The molecule has 25 heavy (non-hydrogen) atoms. The summed E-state index contributed by atoms with van der Waals surface area (Å²) in [6, 6.07) is 10.2. The fourth-order valence-corrected chi connectivity index (χ4v) is 2.60. The number of carbonyl (C=O) groups excluding carboxylic acids is 1. The molecule has 1 atom stereocenters. The van der Waals surface area contributed by atoms with Crippen LogP contribution >= 0.6 is 23.2 Å². The van der Waals surface area contributed by atoms with Crippen LogP contribution in [-0.4, -0.2) is 26.2 Å². The molecule has 1 amide bonds. The Kier molecular flexibility index (Phi) is 6.79. The van der Waals surface area contributed by atoms with Crippen molar-refractivity contribution in [3.63, 3.8) is 0 Å². The SMILES string of the molecule is CCC(Oc1ccccc1Cl)C(=O)Nc1cc(OC)c(Cl)cc1OC. The lowest BCUT2D eigenvalue weighted by atomic mass is 10.2. The number of amides is 1. The topological polar surface area (TPSA) is 56.8 Å². The number of rotatable bonds is 7. The predicted octanol–water partition coefficient (Wildman–Crippen LogP) is 4.81. The molecule has 0 radical (unpaired) electrons. The number of hydrogen-bond donors (Lipinski definition) is 1. The van der Waals surface area contributed by atoms with E-state index in [1.807, 2.05) is 6.92 Å². The Labute approximate surface area is 156 Å². The second kappa shape index (κ2) is 8.83. The lowest BCUT2D eigenvalue weighted by Gasteiger charge is -2.19. The number of hydrogen-bond acceptors (Lipinski definition) is 4. The first-order valence-corrected chi connectivity index (χ1v) is 8.39. The van der Waals surface area contributed by atoms with E-state index in [-0.39, 0.29) is 5.91 Å². The Morgan fingerprint density at radius 2 is 1.72 bits per heavy atom. The lowest BCUT2D eigenvalue weighted by molar-refractivity contribution is -0.122. The quantitative estimate of drug-likeness (QED) is 0.745. The van der Waals surface area contributed by atoms with Crippen LogP contribution in [0.4, 0.5) is 5.69 Å². The van der Waals surface area contributed by atoms with E-state index in [4.69, 9.17) is 37.4 Å². The Morgan fingerprint density at radius 1 is 1.04 bits per heavy atom. The van der Waals surface area contributed by atoms with Gasteiger partial charge in [0.15, 0.2) is 6.10 Å². The maximum absolute atomic E-state index is 12.6. The zero-order valence-electron chi connectivity index (χ0n) is 14.1. The Morgan fingerprint density at radius 3 is 2.32 bits per heavy atom. The molecule has 1 N–H and O–H groups in total. The first-order valence-electron chi connectivity index (χ1n) is 7.63. The molecule has 0 aliphatic rings. The summed E-state index contributed by atoms with van der Waals surface area (Å²) >= 11 is 12.2. The van der Waals surface area contributed by atoms with Crippen LogP contribution < -0.4 is 19.5 Å². The summed E-state index contributed by atoms with van der Waals surface area (Å²) in [5, 5.41) is 3.61. The smallest absolute Gasteiger partial charge is 0.265 e. The molecule has 2 aromatic rings. The highest BCUT2D eigenvalue weighted by Crippen LogP contribution is 2.36. The van der Waals surface area contributed by atoms with Gasteiger partial charge in [0, 0.05) is 12.1 Å². The molecule has 0 bridgehead atoms. The van der Waals surface area contributed by atoms with Crippen LogP contribution in [-0.2, 0) is 4.79 Å². The number of para-hydroxylation sites is 1. The number of methoxy groups -OCH3 is 2. The molecule has 134 valence electrons. The van der Waals surface area contributed by atoms with Crippen molar-refractivity contribution in [1.82, 2.24) is 0 Å². The molecule has 0 aliphatic heterocycles. The average Bonchev–Trinajstić information content (AvgIpc) is 2.61. The molecule has 2 aromatic carbocycles. The van der Waals surface area contributed by atoms with Gasteiger partial charge in [-0.2, -0.15) is 0 Å². The third kappa shape index (κ3) is 4.71. The van der Waals surface area contributed by atoms with Crippen LogP contribution in [0.25, 0.3) is 0 Å². The van der Waals surface area contributed by atoms with Crippen molar-refractivity contribution in [2.75, 3.05) is 19.5 Å². The highest BCUT2D eigenvalue weighted by molar-refractivity contribution is 6.32. The average molecular weight is 384 g/mol. The summed E-state index contributed by atoms with van der Waals surface area (Å²) in [5.41, 5.74) is 0.440. The minimum Gasteiger partial charge on any atom is -0.495 e. The first-order chi connectivity index (χ1) is 12.0. The number of anilines is 1. The number of halogens is 2. The second-order valence-electron chi connectivity index (χ2n) is 5.12. The molecule has 0 saturated carbocycles. The van der Waals surface area contributed by atoms with E-state index in [1.54, 1.807) is 36.4 Å². The summed E-state index contributed by atoms with van der Waals surface area (Å²) in [7, 11) is 2.99. The van der Waals surface area contributed by atoms with Crippen LogP contribution in [0, 0.1) is 0 Å². The molecule has 0 aliphatic carbocycles. The molecule has 0 aromatic heterocycles. The van der Waals surface area contributed by atoms with E-state index in [1.165, 1.54) is 14.2 Å². The summed E-state index contributed by atoms with van der Waals surface area (Å²) in [6.07, 6.45) is -0.254. The monoisotopic (exact) mass is 383 g/mol. The third-order valence-electron chi connectivity index (χ3n) is 3.50. The van der Waals surface area contributed by atoms with Crippen molar-refractivity contribution in [2.45, 2.75) is 19.4 Å². The largest absolute Gasteiger partial charge is 0.495 e. The molecule has 0 fully saturated rings. The molecular formula is C18H19Cl2NO4. The fourth-order valence-electron chi connectivity index (χ4n) is 2.19. The molecule has 1 unspecified atom stereocenters. The van der Waals surface area contributed by atoms with E-state index in [9.17, 15) is 4.79 Å². The number of carbonyl (C=O) groups is 1. The minimum absolute atomic E-state index is 0.329. The van der Waals surface area contributed by atoms with Crippen LogP contribution in [0.5, 0.6) is 17.2 Å². The van der Waals surface area contributed by atoms with Gasteiger partial charge in [-0.1, -0.05) is 42.3 Å². The van der Waals surface area contributed by atoms with Crippen LogP contribution in [0.1, 0.15) is 13.3 Å². The molecular weight excluding hydrogens is 365 g/mol. The van der Waals surface area contributed by atoms with Gasteiger partial charge in [0.25, 0.3) is 5.91 Å². The molecule has 0 heterocycles. The highest BCUT2D eigenvalue weighted by Gasteiger charge is 2.21. The lowest BCUT2D eigenvalue weighted by Crippen LogP contribution is -2.32. The number of benzene rings is 2. The van der Waals surface area contributed by atoms with Crippen LogP contribution in [0.3, 0.4) is 0 Å². The van der Waals surface area contributed by atoms with Crippen molar-refractivity contribution in [2.24, 2.45) is 0 Å². The van der Waals surface area contributed by atoms with E-state index in [0.29, 0.717) is 39.4 Å². The zero-order valence-corrected chi connectivity index (χ0v) is 15.6. The van der Waals surface area contributed by atoms with Gasteiger partial charge in [0.2, 0.25) is 0 Å². The van der Waals surface area contributed by atoms with Gasteiger partial charge < -0.3 is 19.5 Å². The fraction of sp³-hybridized carbons (Fsp3) is 0.278. The van der Waals surface area contributed by atoms with Gasteiger partial charge in [-0.25, -0.2) is 0 Å². The van der Waals surface area contributed by atoms with Crippen molar-refractivity contribution in [3.8, 4) is 17.2 Å². The van der Waals surface area contributed by atoms with Crippen LogP contribution in [0.15, 0.2) is 36.4 Å². The maximum atomic E-state index is 12.6. The van der Waals surface area contributed by atoms with E-state index < -0.39 is 6.10 Å². The Bertz CT molecular complexity index is 752. The highest BCUT2D eigenvalue weighted by atomic mass is 35.5. The zero-order chi connectivity index (χ0) is 18.4. The normalized spacial score (nSPS) is 11.6. The van der Waals surface area contributed by atoms with Crippen LogP contribution in [0.2, 0.25) is 10.0 Å². The van der Waals surface area contributed by atoms with Gasteiger partial charge in [0.1, 0.15) is 17.2 Å². The van der Waals surface area contributed by atoms with E-state index in [0.717, 1.165) is 0 Å². The van der Waals surface area contributed by atoms with Crippen molar-refractivity contribution < 1.29 is 19.0 Å². The van der Waals surface area contributed by atoms with Gasteiger partial charge in [0.05, 0.1) is 30.0 Å². The Hall–Kier alpha value is -2.11. The van der Waals surface area contributed by atoms with Gasteiger partial charge >= 0.3 is 0 Å². The number of ether oxygens (including phenoxy) is 3. The van der Waals surface area contributed by atoms with E-state index >= 15 is 0 Å². The van der Waals surface area contributed by atoms with Gasteiger partial charge in [-0.15, -0.1) is 0 Å². The van der Waals surface area contributed by atoms with Crippen molar-refractivity contribution in [3.05, 3.63) is 46.4 Å². The first kappa shape index (κ1) is 19.2. The van der Waals surface area contributed by atoms with E-state index in [2.05, 4.69) is 5.32 Å². The van der Waals surface area contributed by atoms with Gasteiger partial charge in [-0.05, 0) is 18.6 Å². The summed E-state index contributed by atoms with van der Waals surface area (Å²) in [4.78, 5) is 12.6. The molecule has 2 rings (SSSR count). The predicted molar refractivity (Wildman–Crippen MR) is 99.3 cm³/mol. The number of nitrogens with one attached hydrogen (secondary N) is 1. The molecule has 5 nitrogen and oxygen atoms in total. The minimum atomic E-state index is -0.716. The Balaban J connectivity index is 2.20. The summed E-state index contributed by atoms with van der Waals surface area (Å²) in [5.74, 6) is 0.974. The van der Waals surface area contributed by atoms with Gasteiger partial charge in [-0.3, -0.25) is 4.79 Å². The molecule has 0 spiro atoms. The standard InChI is InChI=1S/C18H19Cl2NO4/c1-4-14(25-15-8-6-5-7-11(15)19)18(22)21-13-10-16(23-2)12(20)9-17(13)24-3/h5-10,14H,4H2,1-3H3,(H,21,22). The molecule has 7 heteroatoms. The molecule has 0 saturated heterocycles.